The Hall–Kier alpha value is -2.12. The fourth-order valence-electron chi connectivity index (χ4n) is 4.43. The molecular weight excluding hydrogens is 356 g/mol. The molecule has 28 heavy (non-hydrogen) atoms. The summed E-state index contributed by atoms with van der Waals surface area (Å²) in [5, 5.41) is 15.1. The molecule has 0 spiro atoms. The molecule has 3 rings (SSSR count). The van der Waals surface area contributed by atoms with Gasteiger partial charge in [-0.2, -0.15) is 0 Å². The van der Waals surface area contributed by atoms with Crippen molar-refractivity contribution in [3.8, 4) is 0 Å². The number of hydrogen-bond acceptors (Lipinski definition) is 4. The molecule has 0 radical (unpaired) electrons. The zero-order chi connectivity index (χ0) is 20.3. The molecular formula is C21H32N4O3. The fourth-order valence-corrected chi connectivity index (χ4v) is 4.43. The highest BCUT2D eigenvalue weighted by Crippen LogP contribution is 2.33. The number of fused-ring (bicyclic) bond motifs is 1. The number of nitrogens with one attached hydrogen (secondary N) is 2. The summed E-state index contributed by atoms with van der Waals surface area (Å²) in [5.41, 5.74) is 2.63. The van der Waals surface area contributed by atoms with Gasteiger partial charge in [0.15, 0.2) is 0 Å². The average Bonchev–Trinajstić information content (AvgIpc) is 3.01. The maximum absolute atomic E-state index is 12.4. The molecule has 0 aromatic heterocycles. The number of rotatable bonds is 8. The normalized spacial score (nSPS) is 22.6. The van der Waals surface area contributed by atoms with E-state index in [0.717, 1.165) is 25.7 Å². The van der Waals surface area contributed by atoms with Crippen LogP contribution in [0.3, 0.4) is 0 Å². The number of hydrogen-bond donors (Lipinski definition) is 3. The van der Waals surface area contributed by atoms with Gasteiger partial charge in [-0.3, -0.25) is 9.69 Å². The van der Waals surface area contributed by atoms with Gasteiger partial charge in [0.25, 0.3) is 0 Å². The van der Waals surface area contributed by atoms with Crippen LogP contribution >= 0.6 is 0 Å². The minimum Gasteiger partial charge on any atom is -0.480 e. The molecule has 1 aromatic carbocycles. The number of carboxylic acids is 1. The topological polar surface area (TPSA) is 84.9 Å². The number of nitrogens with zero attached hydrogens (tertiary/aromatic N) is 2. The molecule has 2 aliphatic rings. The lowest BCUT2D eigenvalue weighted by atomic mass is 9.85. The Bertz CT molecular complexity index is 690. The van der Waals surface area contributed by atoms with Crippen molar-refractivity contribution in [2.45, 2.75) is 50.2 Å². The molecule has 0 unspecified atom stereocenters. The first-order valence-electron chi connectivity index (χ1n) is 10.1. The Morgan fingerprint density at radius 2 is 1.79 bits per heavy atom. The van der Waals surface area contributed by atoms with Crippen molar-refractivity contribution in [1.29, 1.82) is 0 Å². The zero-order valence-electron chi connectivity index (χ0n) is 17.1. The number of aliphatic carboxylic acids is 1. The molecule has 1 aromatic rings. The van der Waals surface area contributed by atoms with Crippen LogP contribution in [-0.2, 0) is 17.6 Å². The molecule has 0 bridgehead atoms. The van der Waals surface area contributed by atoms with E-state index in [2.05, 4.69) is 53.9 Å². The minimum atomic E-state index is -0.803. The second kappa shape index (κ2) is 8.49. The summed E-state index contributed by atoms with van der Waals surface area (Å²) in [5.74, 6) is -0.803. The molecule has 2 amide bonds. The lowest BCUT2D eigenvalue weighted by molar-refractivity contribution is -0.139. The summed E-state index contributed by atoms with van der Waals surface area (Å²) < 4.78 is 0. The maximum atomic E-state index is 12.4. The Morgan fingerprint density at radius 1 is 1.18 bits per heavy atom. The quantitative estimate of drug-likeness (QED) is 0.626. The highest BCUT2D eigenvalue weighted by atomic mass is 16.4. The van der Waals surface area contributed by atoms with Gasteiger partial charge in [0.05, 0.1) is 6.54 Å². The number of carbonyl (C=O) groups is 2. The number of amides is 2. The molecule has 2 aliphatic carbocycles. The molecule has 154 valence electrons. The number of benzene rings is 1. The van der Waals surface area contributed by atoms with Crippen LogP contribution in [0.15, 0.2) is 24.3 Å². The van der Waals surface area contributed by atoms with E-state index in [1.54, 1.807) is 0 Å². The van der Waals surface area contributed by atoms with Gasteiger partial charge in [-0.1, -0.05) is 31.2 Å². The molecule has 1 fully saturated rings. The van der Waals surface area contributed by atoms with Crippen molar-refractivity contribution in [3.05, 3.63) is 35.4 Å². The van der Waals surface area contributed by atoms with E-state index in [1.165, 1.54) is 11.1 Å². The van der Waals surface area contributed by atoms with Crippen LogP contribution < -0.4 is 10.6 Å². The van der Waals surface area contributed by atoms with E-state index < -0.39 is 5.97 Å². The van der Waals surface area contributed by atoms with Gasteiger partial charge >= 0.3 is 12.0 Å². The SMILES string of the molecule is CCN(CC(=O)O)C1CC(NC(=O)NCC2(N(C)C)Cc3ccccc3C2)C1. The molecule has 0 aliphatic heterocycles. The van der Waals surface area contributed by atoms with E-state index in [4.69, 9.17) is 5.11 Å². The Morgan fingerprint density at radius 3 is 2.29 bits per heavy atom. The maximum Gasteiger partial charge on any atom is 0.317 e. The van der Waals surface area contributed by atoms with Crippen LogP contribution in [0.4, 0.5) is 4.79 Å². The molecule has 0 atom stereocenters. The predicted molar refractivity (Wildman–Crippen MR) is 108 cm³/mol. The molecule has 7 nitrogen and oxygen atoms in total. The summed E-state index contributed by atoms with van der Waals surface area (Å²) >= 11 is 0. The second-order valence-corrected chi connectivity index (χ2v) is 8.35. The van der Waals surface area contributed by atoms with Gasteiger partial charge in [0.2, 0.25) is 0 Å². The number of carbonyl (C=O) groups excluding carboxylic acids is 1. The highest BCUT2D eigenvalue weighted by molar-refractivity contribution is 5.74. The average molecular weight is 389 g/mol. The van der Waals surface area contributed by atoms with Crippen molar-refractivity contribution in [2.75, 3.05) is 33.7 Å². The monoisotopic (exact) mass is 388 g/mol. The van der Waals surface area contributed by atoms with E-state index in [-0.39, 0.29) is 30.2 Å². The van der Waals surface area contributed by atoms with Crippen LogP contribution in [-0.4, -0.2) is 78.3 Å². The smallest absolute Gasteiger partial charge is 0.317 e. The van der Waals surface area contributed by atoms with Gasteiger partial charge in [-0.25, -0.2) is 4.79 Å². The van der Waals surface area contributed by atoms with E-state index >= 15 is 0 Å². The number of urea groups is 1. The van der Waals surface area contributed by atoms with Crippen molar-refractivity contribution in [3.63, 3.8) is 0 Å². The van der Waals surface area contributed by atoms with E-state index in [0.29, 0.717) is 13.1 Å². The van der Waals surface area contributed by atoms with E-state index in [1.807, 2.05) is 11.8 Å². The zero-order valence-corrected chi connectivity index (χ0v) is 17.1. The lowest BCUT2D eigenvalue weighted by Crippen LogP contribution is -2.59. The largest absolute Gasteiger partial charge is 0.480 e. The Labute approximate surface area is 167 Å². The van der Waals surface area contributed by atoms with Crippen molar-refractivity contribution >= 4 is 12.0 Å². The van der Waals surface area contributed by atoms with Gasteiger partial charge in [0, 0.05) is 24.2 Å². The van der Waals surface area contributed by atoms with Gasteiger partial charge < -0.3 is 20.6 Å². The first-order chi connectivity index (χ1) is 13.3. The first-order valence-corrected chi connectivity index (χ1v) is 10.1. The van der Waals surface area contributed by atoms with Crippen LogP contribution in [0.1, 0.15) is 30.9 Å². The number of likely N-dealkylation sites (N-methyl/N-ethyl adjacent to an activating group) is 2. The Balaban J connectivity index is 1.46. The molecule has 0 saturated heterocycles. The molecule has 3 N–H and O–H groups in total. The third-order valence-electron chi connectivity index (χ3n) is 6.39. The first kappa shape index (κ1) is 20.6. The summed E-state index contributed by atoms with van der Waals surface area (Å²) in [7, 11) is 4.15. The van der Waals surface area contributed by atoms with Gasteiger partial charge in [-0.15, -0.1) is 0 Å². The third kappa shape index (κ3) is 4.47. The molecule has 0 heterocycles. The molecule has 1 saturated carbocycles. The second-order valence-electron chi connectivity index (χ2n) is 8.35. The van der Waals surface area contributed by atoms with Crippen molar-refractivity contribution in [2.24, 2.45) is 0 Å². The van der Waals surface area contributed by atoms with E-state index in [9.17, 15) is 9.59 Å². The lowest BCUT2D eigenvalue weighted by Gasteiger charge is -2.42. The third-order valence-corrected chi connectivity index (χ3v) is 6.39. The highest BCUT2D eigenvalue weighted by Gasteiger charge is 2.40. The molecule has 7 heteroatoms. The predicted octanol–water partition coefficient (Wildman–Crippen LogP) is 1.32. The van der Waals surface area contributed by atoms with Crippen LogP contribution in [0.5, 0.6) is 0 Å². The standard InChI is InChI=1S/C21H32N4O3/c1-4-25(13-19(26)27)18-9-17(10-18)23-20(28)22-14-21(24(2)3)11-15-7-5-6-8-16(15)12-21/h5-8,17-18H,4,9-14H2,1-3H3,(H,26,27)(H2,22,23,28). The van der Waals surface area contributed by atoms with Crippen LogP contribution in [0.25, 0.3) is 0 Å². The summed E-state index contributed by atoms with van der Waals surface area (Å²) in [6.45, 7) is 3.33. The summed E-state index contributed by atoms with van der Waals surface area (Å²) in [6.07, 6.45) is 3.48. The van der Waals surface area contributed by atoms with Crippen LogP contribution in [0, 0.1) is 0 Å². The van der Waals surface area contributed by atoms with Gasteiger partial charge in [0.1, 0.15) is 0 Å². The summed E-state index contributed by atoms with van der Waals surface area (Å²) in [4.78, 5) is 27.5. The minimum absolute atomic E-state index is 0.0615. The fraction of sp³-hybridized carbons (Fsp3) is 0.619. The van der Waals surface area contributed by atoms with Crippen LogP contribution in [0.2, 0.25) is 0 Å². The summed E-state index contributed by atoms with van der Waals surface area (Å²) in [6, 6.07) is 8.70. The van der Waals surface area contributed by atoms with Crippen molar-refractivity contribution < 1.29 is 14.7 Å². The Kier molecular flexibility index (Phi) is 6.25. The van der Waals surface area contributed by atoms with Crippen molar-refractivity contribution in [1.82, 2.24) is 20.4 Å². The number of carboxylic acid groups (broad SMARTS) is 1. The van der Waals surface area contributed by atoms with Gasteiger partial charge in [-0.05, 0) is 57.5 Å².